The van der Waals surface area contributed by atoms with Gasteiger partial charge in [-0.2, -0.15) is 0 Å². The predicted octanol–water partition coefficient (Wildman–Crippen LogP) is 3.79. The van der Waals surface area contributed by atoms with Gasteiger partial charge in [0.05, 0.1) is 12.6 Å². The highest BCUT2D eigenvalue weighted by Gasteiger charge is 2.08. The third-order valence-corrected chi connectivity index (χ3v) is 3.04. The minimum absolute atomic E-state index is 0.219. The zero-order chi connectivity index (χ0) is 13.5. The molecule has 0 aliphatic heterocycles. The van der Waals surface area contributed by atoms with Crippen LogP contribution in [0.4, 0.5) is 5.69 Å². The highest BCUT2D eigenvalue weighted by Crippen LogP contribution is 2.22. The van der Waals surface area contributed by atoms with Gasteiger partial charge >= 0.3 is 0 Å². The van der Waals surface area contributed by atoms with Crippen LogP contribution in [0.2, 0.25) is 0 Å². The molecule has 1 unspecified atom stereocenters. The molecule has 1 aromatic heterocycles. The molecule has 0 spiro atoms. The average Bonchev–Trinajstić information content (AvgIpc) is 2.47. The van der Waals surface area contributed by atoms with Gasteiger partial charge in [-0.25, -0.2) is 0 Å². The predicted molar refractivity (Wildman–Crippen MR) is 78.0 cm³/mol. The fourth-order valence-electron chi connectivity index (χ4n) is 1.95. The van der Waals surface area contributed by atoms with E-state index in [2.05, 4.69) is 35.4 Å². The molecule has 1 aromatic carbocycles. The van der Waals surface area contributed by atoms with Crippen LogP contribution in [0.5, 0.6) is 0 Å². The van der Waals surface area contributed by atoms with E-state index in [-0.39, 0.29) is 6.04 Å². The summed E-state index contributed by atoms with van der Waals surface area (Å²) in [5, 5.41) is 3.52. The first-order valence-corrected chi connectivity index (χ1v) is 6.63. The maximum absolute atomic E-state index is 5.50. The van der Waals surface area contributed by atoms with E-state index in [0.29, 0.717) is 6.61 Å². The van der Waals surface area contributed by atoms with Crippen LogP contribution in [-0.4, -0.2) is 11.6 Å². The molecule has 0 radical (unpaired) electrons. The molecular weight excluding hydrogens is 236 g/mol. The normalized spacial score (nSPS) is 12.1. The molecule has 1 heterocycles. The number of para-hydroxylation sites is 1. The lowest BCUT2D eigenvalue weighted by molar-refractivity contribution is 0.134. The molecule has 100 valence electrons. The van der Waals surface area contributed by atoms with E-state index in [1.807, 2.05) is 31.3 Å². The van der Waals surface area contributed by atoms with Crippen molar-refractivity contribution in [3.8, 4) is 0 Å². The Morgan fingerprint density at radius 2 is 2.05 bits per heavy atom. The Morgan fingerprint density at radius 3 is 2.79 bits per heavy atom. The van der Waals surface area contributed by atoms with Crippen molar-refractivity contribution in [2.75, 3.05) is 11.9 Å². The Bertz CT molecular complexity index is 499. The average molecular weight is 256 g/mol. The molecule has 2 aromatic rings. The highest BCUT2D eigenvalue weighted by molar-refractivity contribution is 5.52. The Morgan fingerprint density at radius 1 is 1.21 bits per heavy atom. The zero-order valence-electron chi connectivity index (χ0n) is 11.5. The largest absolute Gasteiger partial charge is 0.378 e. The number of anilines is 1. The fourth-order valence-corrected chi connectivity index (χ4v) is 1.95. The number of ether oxygens (including phenoxy) is 1. The summed E-state index contributed by atoms with van der Waals surface area (Å²) in [5.41, 5.74) is 3.47. The van der Waals surface area contributed by atoms with Crippen LogP contribution in [0, 0.1) is 0 Å². The number of hydrogen-bond donors (Lipinski definition) is 1. The van der Waals surface area contributed by atoms with Crippen LogP contribution < -0.4 is 5.32 Å². The molecule has 0 amide bonds. The summed E-state index contributed by atoms with van der Waals surface area (Å²) in [4.78, 5) is 4.15. The molecule has 3 nitrogen and oxygen atoms in total. The smallest absolute Gasteiger partial charge is 0.0736 e. The van der Waals surface area contributed by atoms with Gasteiger partial charge in [-0.3, -0.25) is 4.98 Å². The van der Waals surface area contributed by atoms with Crippen LogP contribution in [0.25, 0.3) is 0 Å². The lowest BCUT2D eigenvalue weighted by atomic mass is 10.1. The molecule has 0 fully saturated rings. The second-order valence-electron chi connectivity index (χ2n) is 4.45. The molecule has 2 rings (SSSR count). The monoisotopic (exact) mass is 256 g/mol. The number of nitrogens with one attached hydrogen (secondary N) is 1. The number of aromatic nitrogens is 1. The van der Waals surface area contributed by atoms with Crippen molar-refractivity contribution >= 4 is 5.69 Å². The third kappa shape index (κ3) is 3.80. The van der Waals surface area contributed by atoms with Crippen LogP contribution in [-0.2, 0) is 11.3 Å². The molecule has 0 saturated heterocycles. The molecule has 0 saturated carbocycles. The van der Waals surface area contributed by atoms with E-state index >= 15 is 0 Å². The number of benzene rings is 1. The minimum atomic E-state index is 0.219. The first kappa shape index (κ1) is 13.6. The van der Waals surface area contributed by atoms with E-state index in [1.165, 1.54) is 11.1 Å². The fraction of sp³-hybridized carbons (Fsp3) is 0.312. The Hall–Kier alpha value is -1.87. The van der Waals surface area contributed by atoms with Crippen LogP contribution in [0.15, 0.2) is 48.8 Å². The second kappa shape index (κ2) is 6.90. The van der Waals surface area contributed by atoms with Gasteiger partial charge in [-0.05, 0) is 31.5 Å². The summed E-state index contributed by atoms with van der Waals surface area (Å²) < 4.78 is 5.50. The molecule has 1 atom stereocenters. The van der Waals surface area contributed by atoms with Crippen LogP contribution in [0.3, 0.4) is 0 Å². The number of pyridine rings is 1. The van der Waals surface area contributed by atoms with Gasteiger partial charge in [0.25, 0.3) is 0 Å². The van der Waals surface area contributed by atoms with Crippen molar-refractivity contribution in [1.82, 2.24) is 4.98 Å². The number of nitrogens with zero attached hydrogens (tertiary/aromatic N) is 1. The van der Waals surface area contributed by atoms with E-state index in [4.69, 9.17) is 4.74 Å². The SMILES string of the molecule is CCOCc1ccccc1NC(C)c1cccnc1. The molecule has 0 aliphatic rings. The van der Waals surface area contributed by atoms with Crippen LogP contribution >= 0.6 is 0 Å². The summed E-state index contributed by atoms with van der Waals surface area (Å²) in [6.07, 6.45) is 3.68. The molecule has 0 bridgehead atoms. The summed E-state index contributed by atoms with van der Waals surface area (Å²) in [6.45, 7) is 5.51. The highest BCUT2D eigenvalue weighted by atomic mass is 16.5. The van der Waals surface area contributed by atoms with E-state index in [0.717, 1.165) is 12.3 Å². The molecule has 3 heteroatoms. The molecular formula is C16H20N2O. The summed E-state index contributed by atoms with van der Waals surface area (Å²) >= 11 is 0. The van der Waals surface area contributed by atoms with Gasteiger partial charge in [0.1, 0.15) is 0 Å². The first-order chi connectivity index (χ1) is 9.31. The van der Waals surface area contributed by atoms with Crippen molar-refractivity contribution in [2.45, 2.75) is 26.5 Å². The number of hydrogen-bond acceptors (Lipinski definition) is 3. The quantitative estimate of drug-likeness (QED) is 0.853. The van der Waals surface area contributed by atoms with E-state index in [1.54, 1.807) is 6.20 Å². The van der Waals surface area contributed by atoms with E-state index in [9.17, 15) is 0 Å². The second-order valence-corrected chi connectivity index (χ2v) is 4.45. The molecule has 19 heavy (non-hydrogen) atoms. The summed E-state index contributed by atoms with van der Waals surface area (Å²) in [6, 6.07) is 12.5. The lowest BCUT2D eigenvalue weighted by Gasteiger charge is -2.18. The maximum atomic E-state index is 5.50. The first-order valence-electron chi connectivity index (χ1n) is 6.63. The Kier molecular flexibility index (Phi) is 4.93. The van der Waals surface area contributed by atoms with Crippen molar-refractivity contribution in [3.63, 3.8) is 0 Å². The maximum Gasteiger partial charge on any atom is 0.0736 e. The minimum Gasteiger partial charge on any atom is -0.378 e. The summed E-state index contributed by atoms with van der Waals surface area (Å²) in [5.74, 6) is 0. The van der Waals surface area contributed by atoms with Gasteiger partial charge in [-0.15, -0.1) is 0 Å². The van der Waals surface area contributed by atoms with Crippen molar-refractivity contribution < 1.29 is 4.74 Å². The van der Waals surface area contributed by atoms with Gasteiger partial charge in [0, 0.05) is 30.3 Å². The van der Waals surface area contributed by atoms with Crippen molar-refractivity contribution in [3.05, 3.63) is 59.9 Å². The van der Waals surface area contributed by atoms with Gasteiger partial charge in [0.15, 0.2) is 0 Å². The van der Waals surface area contributed by atoms with Crippen molar-refractivity contribution in [2.24, 2.45) is 0 Å². The number of rotatable bonds is 6. The lowest BCUT2D eigenvalue weighted by Crippen LogP contribution is -2.09. The van der Waals surface area contributed by atoms with Crippen molar-refractivity contribution in [1.29, 1.82) is 0 Å². The molecule has 0 aliphatic carbocycles. The third-order valence-electron chi connectivity index (χ3n) is 3.04. The van der Waals surface area contributed by atoms with Gasteiger partial charge in [-0.1, -0.05) is 24.3 Å². The summed E-state index contributed by atoms with van der Waals surface area (Å²) in [7, 11) is 0. The standard InChI is InChI=1S/C16H20N2O/c1-3-19-12-15-7-4-5-9-16(15)18-13(2)14-8-6-10-17-11-14/h4-11,13,18H,3,12H2,1-2H3. The Labute approximate surface area is 114 Å². The molecule has 1 N–H and O–H groups in total. The van der Waals surface area contributed by atoms with Crippen LogP contribution in [0.1, 0.15) is 31.0 Å². The zero-order valence-corrected chi connectivity index (χ0v) is 11.5. The topological polar surface area (TPSA) is 34.1 Å². The Balaban J connectivity index is 2.10. The van der Waals surface area contributed by atoms with Gasteiger partial charge in [0.2, 0.25) is 0 Å². The van der Waals surface area contributed by atoms with Gasteiger partial charge < -0.3 is 10.1 Å². The van der Waals surface area contributed by atoms with E-state index < -0.39 is 0 Å².